The molecule has 1 aliphatic carbocycles. The van der Waals surface area contributed by atoms with Crippen molar-refractivity contribution in [1.29, 1.82) is 0 Å². The summed E-state index contributed by atoms with van der Waals surface area (Å²) in [6, 6.07) is 8.43. The van der Waals surface area contributed by atoms with E-state index in [0.29, 0.717) is 0 Å². The Balaban J connectivity index is 0.000000343. The fraction of sp³-hybridized carbons (Fsp3) is 0.238. The number of benzene rings is 2. The van der Waals surface area contributed by atoms with Crippen LogP contribution in [0.25, 0.3) is 0 Å². The van der Waals surface area contributed by atoms with Crippen LogP contribution in [0, 0.1) is 0 Å². The number of hydrogen-bond acceptors (Lipinski definition) is 7. The number of ether oxygens (including phenoxy) is 2. The van der Waals surface area contributed by atoms with Crippen molar-refractivity contribution in [2.24, 2.45) is 0 Å². The Labute approximate surface area is 166 Å². The molecule has 2 aromatic carbocycles. The fourth-order valence-corrected chi connectivity index (χ4v) is 3.06. The van der Waals surface area contributed by atoms with Crippen LogP contribution in [-0.2, 0) is 9.53 Å². The van der Waals surface area contributed by atoms with Gasteiger partial charge in [0.1, 0.15) is 5.75 Å². The average molecular weight is 397 g/mol. The van der Waals surface area contributed by atoms with E-state index in [2.05, 4.69) is 5.32 Å². The van der Waals surface area contributed by atoms with E-state index >= 15 is 0 Å². The summed E-state index contributed by atoms with van der Waals surface area (Å²) in [5.74, 6) is -3.19. The summed E-state index contributed by atoms with van der Waals surface area (Å²) in [6.45, 7) is 4.96. The minimum Gasteiger partial charge on any atom is -0.478 e. The van der Waals surface area contributed by atoms with Gasteiger partial charge >= 0.3 is 11.9 Å². The predicted molar refractivity (Wildman–Crippen MR) is 102 cm³/mol. The third-order valence-electron chi connectivity index (χ3n) is 4.34. The number of carbonyl (C=O) groups excluding carboxylic acids is 3. The molecule has 0 aromatic heterocycles. The van der Waals surface area contributed by atoms with Crippen LogP contribution >= 0.6 is 0 Å². The highest BCUT2D eigenvalue weighted by Crippen LogP contribution is 2.34. The van der Waals surface area contributed by atoms with Crippen LogP contribution in [0.2, 0.25) is 0 Å². The van der Waals surface area contributed by atoms with Crippen LogP contribution in [-0.4, -0.2) is 54.9 Å². The van der Waals surface area contributed by atoms with Gasteiger partial charge in [0.15, 0.2) is 11.6 Å². The van der Waals surface area contributed by atoms with Crippen LogP contribution in [0.3, 0.4) is 0 Å². The maximum atomic E-state index is 12.6. The normalized spacial score (nSPS) is 14.8. The van der Waals surface area contributed by atoms with Gasteiger partial charge in [-0.15, -0.1) is 0 Å². The van der Waals surface area contributed by atoms with Gasteiger partial charge in [0.25, 0.3) is 0 Å². The van der Waals surface area contributed by atoms with E-state index in [1.165, 1.54) is 12.1 Å². The molecule has 29 heavy (non-hydrogen) atoms. The van der Waals surface area contributed by atoms with Gasteiger partial charge in [-0.1, -0.05) is 24.3 Å². The summed E-state index contributed by atoms with van der Waals surface area (Å²) in [4.78, 5) is 47.7. The lowest BCUT2D eigenvalue weighted by Gasteiger charge is -2.20. The number of carbonyl (C=O) groups is 4. The van der Waals surface area contributed by atoms with E-state index in [4.69, 9.17) is 14.6 Å². The average Bonchev–Trinajstić information content (AvgIpc) is 2.73. The number of carboxylic acids is 1. The monoisotopic (exact) mass is 397 g/mol. The Morgan fingerprint density at radius 1 is 1.00 bits per heavy atom. The highest BCUT2D eigenvalue weighted by molar-refractivity contribution is 6.29. The van der Waals surface area contributed by atoms with Crippen LogP contribution in [0.4, 0.5) is 0 Å². The molecular weight excluding hydrogens is 378 g/mol. The highest BCUT2D eigenvalue weighted by Gasteiger charge is 2.33. The molecule has 0 spiro atoms. The summed E-state index contributed by atoms with van der Waals surface area (Å²) in [6.07, 6.45) is 0. The Kier molecular flexibility index (Phi) is 6.16. The Hall–Kier alpha value is -3.36. The maximum absolute atomic E-state index is 12.6. The first-order chi connectivity index (χ1) is 13.9. The zero-order valence-electron chi connectivity index (χ0n) is 15.7. The van der Waals surface area contributed by atoms with Gasteiger partial charge < -0.3 is 19.9 Å². The van der Waals surface area contributed by atoms with Crippen molar-refractivity contribution in [3.63, 3.8) is 0 Å². The molecule has 1 fully saturated rings. The van der Waals surface area contributed by atoms with Gasteiger partial charge in [-0.2, -0.15) is 0 Å². The summed E-state index contributed by atoms with van der Waals surface area (Å²) < 4.78 is 9.97. The minimum atomic E-state index is -1.29. The molecule has 150 valence electrons. The maximum Gasteiger partial charge on any atom is 0.335 e. The number of aromatic carboxylic acids is 1. The first-order valence-corrected chi connectivity index (χ1v) is 8.96. The quantitative estimate of drug-likeness (QED) is 0.495. The number of ketones is 2. The molecule has 0 atom stereocenters. The summed E-state index contributed by atoms with van der Waals surface area (Å²) >= 11 is 0. The molecule has 8 heteroatoms. The molecule has 2 aliphatic rings. The molecule has 0 unspecified atom stereocenters. The zero-order valence-corrected chi connectivity index (χ0v) is 15.7. The van der Waals surface area contributed by atoms with E-state index in [0.717, 1.165) is 45.4 Å². The van der Waals surface area contributed by atoms with Crippen molar-refractivity contribution >= 4 is 23.5 Å². The highest BCUT2D eigenvalue weighted by atomic mass is 16.5. The number of rotatable bonds is 2. The summed E-state index contributed by atoms with van der Waals surface area (Å²) in [5.41, 5.74) is -0.0120. The van der Waals surface area contributed by atoms with Gasteiger partial charge in [-0.25, -0.2) is 4.79 Å². The summed E-state index contributed by atoms with van der Waals surface area (Å²) in [7, 11) is 0. The minimum absolute atomic E-state index is 0.0788. The third kappa shape index (κ3) is 4.39. The lowest BCUT2D eigenvalue weighted by Crippen LogP contribution is -2.30. The topological polar surface area (TPSA) is 119 Å². The molecule has 4 rings (SSSR count). The summed E-state index contributed by atoms with van der Waals surface area (Å²) in [5, 5.41) is 12.3. The van der Waals surface area contributed by atoms with E-state index in [9.17, 15) is 19.2 Å². The second kappa shape index (κ2) is 8.76. The van der Waals surface area contributed by atoms with Gasteiger partial charge in [-0.3, -0.25) is 14.4 Å². The number of carboxylic acid groups (broad SMARTS) is 1. The molecular formula is C21H19NO7. The third-order valence-corrected chi connectivity index (χ3v) is 4.34. The second-order valence-corrected chi connectivity index (χ2v) is 6.36. The van der Waals surface area contributed by atoms with Crippen molar-refractivity contribution in [3.05, 3.63) is 64.2 Å². The van der Waals surface area contributed by atoms with Crippen LogP contribution in [0.5, 0.6) is 5.75 Å². The van der Waals surface area contributed by atoms with Crippen LogP contribution < -0.4 is 10.1 Å². The van der Waals surface area contributed by atoms with Crippen molar-refractivity contribution in [2.45, 2.75) is 6.92 Å². The van der Waals surface area contributed by atoms with Gasteiger partial charge in [0, 0.05) is 36.7 Å². The van der Waals surface area contributed by atoms with Gasteiger partial charge in [0.05, 0.1) is 24.3 Å². The number of hydrogen-bond donors (Lipinski definition) is 2. The number of morpholine rings is 1. The smallest absolute Gasteiger partial charge is 0.335 e. The van der Waals surface area contributed by atoms with Gasteiger partial charge in [-0.05, 0) is 12.1 Å². The second-order valence-electron chi connectivity index (χ2n) is 6.36. The molecule has 1 aliphatic heterocycles. The van der Waals surface area contributed by atoms with Crippen molar-refractivity contribution in [2.75, 3.05) is 26.3 Å². The molecule has 2 aromatic rings. The fourth-order valence-electron chi connectivity index (χ4n) is 3.06. The standard InChI is InChI=1S/C17H10O6.C4H9NO/c1-8(18)23-13-7-9(17(21)22)6-12-14(13)16(20)11-5-3-2-4-10(11)15(12)19;1-3-6-4-2-5-1/h2-7H,1H3,(H,21,22);5H,1-4H2. The number of nitrogens with one attached hydrogen (secondary N) is 1. The first-order valence-electron chi connectivity index (χ1n) is 8.96. The number of fused-ring (bicyclic) bond motifs is 2. The van der Waals surface area contributed by atoms with Crippen LogP contribution in [0.1, 0.15) is 49.1 Å². The molecule has 2 N–H and O–H groups in total. The Morgan fingerprint density at radius 3 is 2.10 bits per heavy atom. The largest absolute Gasteiger partial charge is 0.478 e. The predicted octanol–water partition coefficient (Wildman–Crippen LogP) is 1.69. The molecule has 1 saturated heterocycles. The first kappa shape index (κ1) is 20.4. The molecule has 0 bridgehead atoms. The zero-order chi connectivity index (χ0) is 21.0. The van der Waals surface area contributed by atoms with Crippen molar-refractivity contribution < 1.29 is 33.8 Å². The van der Waals surface area contributed by atoms with E-state index in [-0.39, 0.29) is 33.6 Å². The SMILES string of the molecule is C1COCCN1.CC(=O)Oc1cc(C(=O)O)cc2c1C(=O)c1ccccc1C2=O. The van der Waals surface area contributed by atoms with Crippen molar-refractivity contribution in [1.82, 2.24) is 5.32 Å². The Bertz CT molecular complexity index is 981. The molecule has 0 amide bonds. The van der Waals surface area contributed by atoms with E-state index < -0.39 is 23.5 Å². The van der Waals surface area contributed by atoms with E-state index in [1.807, 2.05) is 0 Å². The van der Waals surface area contributed by atoms with E-state index in [1.54, 1.807) is 12.1 Å². The number of esters is 1. The van der Waals surface area contributed by atoms with Gasteiger partial charge in [0.2, 0.25) is 0 Å². The van der Waals surface area contributed by atoms with Crippen molar-refractivity contribution in [3.8, 4) is 5.75 Å². The molecule has 0 radical (unpaired) electrons. The molecule has 0 saturated carbocycles. The Morgan fingerprint density at radius 2 is 1.62 bits per heavy atom. The lowest BCUT2D eigenvalue weighted by atomic mass is 9.83. The molecule has 8 nitrogen and oxygen atoms in total. The van der Waals surface area contributed by atoms with Crippen LogP contribution in [0.15, 0.2) is 36.4 Å². The molecule has 1 heterocycles. The lowest BCUT2D eigenvalue weighted by molar-refractivity contribution is -0.131.